The van der Waals surface area contributed by atoms with E-state index in [-0.39, 0.29) is 5.69 Å². The fourth-order valence-electron chi connectivity index (χ4n) is 1.47. The summed E-state index contributed by atoms with van der Waals surface area (Å²) in [5.41, 5.74) is 0.525. The molecule has 0 bridgehead atoms. The van der Waals surface area contributed by atoms with Crippen molar-refractivity contribution >= 4 is 27.3 Å². The van der Waals surface area contributed by atoms with Gasteiger partial charge in [0.2, 0.25) is 0 Å². The van der Waals surface area contributed by atoms with Crippen LogP contribution in [0, 0.1) is 17.6 Å². The number of hydrogen-bond acceptors (Lipinski definition) is 1. The number of hydrogen-bond donors (Lipinski definition) is 0. The van der Waals surface area contributed by atoms with Crippen molar-refractivity contribution in [3.8, 4) is 0 Å². The molecule has 1 aromatic carbocycles. The fourth-order valence-corrected chi connectivity index (χ4v) is 1.87. The molecule has 16 heavy (non-hydrogen) atoms. The van der Waals surface area contributed by atoms with Gasteiger partial charge in [-0.15, -0.1) is 0 Å². The summed E-state index contributed by atoms with van der Waals surface area (Å²) in [7, 11) is 0. The van der Waals surface area contributed by atoms with Crippen molar-refractivity contribution in [3.63, 3.8) is 0 Å². The summed E-state index contributed by atoms with van der Waals surface area (Å²) in [6, 6.07) is 2.43. The Labute approximate surface area is 103 Å². The molecule has 0 aliphatic heterocycles. The van der Waals surface area contributed by atoms with Crippen molar-refractivity contribution in [2.75, 3.05) is 0 Å². The third-order valence-corrected chi connectivity index (χ3v) is 2.45. The Bertz CT molecular complexity index is 390. The van der Waals surface area contributed by atoms with E-state index in [1.54, 1.807) is 6.92 Å². The molecule has 1 aromatic rings. The van der Waals surface area contributed by atoms with E-state index in [1.165, 1.54) is 12.1 Å². The molecule has 0 atom stereocenters. The lowest BCUT2D eigenvalue weighted by Gasteiger charge is -2.05. The standard InChI is InChI=1S/C12H14BrF2N/c1-7(2)4-8(3)16-12-10(14)5-9(13)6-11(12)15/h5-7H,4H2,1-3H3. The van der Waals surface area contributed by atoms with Crippen molar-refractivity contribution in [2.45, 2.75) is 27.2 Å². The first-order valence-corrected chi connectivity index (χ1v) is 5.88. The summed E-state index contributed by atoms with van der Waals surface area (Å²) in [6.07, 6.45) is 0.731. The Morgan fingerprint density at radius 3 is 2.25 bits per heavy atom. The highest BCUT2D eigenvalue weighted by Gasteiger charge is 2.10. The van der Waals surface area contributed by atoms with Gasteiger partial charge in [0.15, 0.2) is 11.6 Å². The Morgan fingerprint density at radius 1 is 1.31 bits per heavy atom. The molecule has 0 unspecified atom stereocenters. The van der Waals surface area contributed by atoms with Crippen LogP contribution in [0.5, 0.6) is 0 Å². The molecule has 0 aliphatic rings. The average molecular weight is 290 g/mol. The first-order valence-electron chi connectivity index (χ1n) is 5.09. The van der Waals surface area contributed by atoms with Gasteiger partial charge in [-0.25, -0.2) is 8.78 Å². The SMILES string of the molecule is CC(CC(C)C)=Nc1c(F)cc(Br)cc1F. The van der Waals surface area contributed by atoms with Gasteiger partial charge < -0.3 is 0 Å². The van der Waals surface area contributed by atoms with E-state index in [2.05, 4.69) is 20.9 Å². The summed E-state index contributed by atoms with van der Waals surface area (Å²) in [5.74, 6) is -0.865. The lowest BCUT2D eigenvalue weighted by Crippen LogP contribution is -1.98. The minimum absolute atomic E-state index is 0.207. The molecular formula is C12H14BrF2N. The number of halogens is 3. The maximum atomic E-state index is 13.4. The average Bonchev–Trinajstić information content (AvgIpc) is 2.09. The zero-order valence-electron chi connectivity index (χ0n) is 9.52. The van der Waals surface area contributed by atoms with Gasteiger partial charge in [0.25, 0.3) is 0 Å². The summed E-state index contributed by atoms with van der Waals surface area (Å²) in [6.45, 7) is 5.85. The van der Waals surface area contributed by atoms with Gasteiger partial charge in [0.05, 0.1) is 0 Å². The van der Waals surface area contributed by atoms with Crippen LogP contribution in [0.3, 0.4) is 0 Å². The van der Waals surface area contributed by atoms with Crippen LogP contribution >= 0.6 is 15.9 Å². The highest BCUT2D eigenvalue weighted by Crippen LogP contribution is 2.26. The van der Waals surface area contributed by atoms with E-state index in [9.17, 15) is 8.78 Å². The molecule has 0 spiro atoms. The van der Waals surface area contributed by atoms with Crippen molar-refractivity contribution < 1.29 is 8.78 Å². The Balaban J connectivity index is 3.05. The topological polar surface area (TPSA) is 12.4 Å². The van der Waals surface area contributed by atoms with Crippen LogP contribution in [0.1, 0.15) is 27.2 Å². The maximum absolute atomic E-state index is 13.4. The molecule has 1 nitrogen and oxygen atoms in total. The quantitative estimate of drug-likeness (QED) is 0.704. The largest absolute Gasteiger partial charge is 0.252 e. The molecule has 4 heteroatoms. The monoisotopic (exact) mass is 289 g/mol. The van der Waals surface area contributed by atoms with Crippen molar-refractivity contribution in [1.82, 2.24) is 0 Å². The Hall–Kier alpha value is -0.770. The number of nitrogens with zero attached hydrogens (tertiary/aromatic N) is 1. The second-order valence-electron chi connectivity index (χ2n) is 4.16. The van der Waals surface area contributed by atoms with E-state index in [1.807, 2.05) is 13.8 Å². The number of aliphatic imine (C=N–C) groups is 1. The molecular weight excluding hydrogens is 276 g/mol. The summed E-state index contributed by atoms with van der Waals surface area (Å²) >= 11 is 3.03. The molecule has 0 aliphatic carbocycles. The molecule has 0 fully saturated rings. The van der Waals surface area contributed by atoms with Gasteiger partial charge >= 0.3 is 0 Å². The fraction of sp³-hybridized carbons (Fsp3) is 0.417. The van der Waals surface area contributed by atoms with E-state index in [0.29, 0.717) is 10.4 Å². The molecule has 1 rings (SSSR count). The van der Waals surface area contributed by atoms with E-state index in [4.69, 9.17) is 0 Å². The predicted octanol–water partition coefficient (Wildman–Crippen LogP) is 4.87. The van der Waals surface area contributed by atoms with E-state index < -0.39 is 11.6 Å². The molecule has 0 saturated heterocycles. The van der Waals surface area contributed by atoms with Gasteiger partial charge in [-0.3, -0.25) is 4.99 Å². The first kappa shape index (κ1) is 13.3. The zero-order chi connectivity index (χ0) is 12.3. The van der Waals surface area contributed by atoms with Crippen molar-refractivity contribution in [1.29, 1.82) is 0 Å². The van der Waals surface area contributed by atoms with Crippen LogP contribution in [0.25, 0.3) is 0 Å². The summed E-state index contributed by atoms with van der Waals surface area (Å²) in [4.78, 5) is 3.99. The molecule has 88 valence electrons. The third kappa shape index (κ3) is 3.67. The summed E-state index contributed by atoms with van der Waals surface area (Å²) < 4.78 is 27.2. The van der Waals surface area contributed by atoms with Crippen molar-refractivity contribution in [2.24, 2.45) is 10.9 Å². The van der Waals surface area contributed by atoms with Crippen LogP contribution in [-0.4, -0.2) is 5.71 Å². The highest BCUT2D eigenvalue weighted by molar-refractivity contribution is 9.10. The number of benzene rings is 1. The lowest BCUT2D eigenvalue weighted by molar-refractivity contribution is 0.585. The van der Waals surface area contributed by atoms with Gasteiger partial charge in [-0.05, 0) is 31.4 Å². The van der Waals surface area contributed by atoms with Gasteiger partial charge in [-0.2, -0.15) is 0 Å². The van der Waals surface area contributed by atoms with Crippen LogP contribution in [0.2, 0.25) is 0 Å². The minimum Gasteiger partial charge on any atom is -0.252 e. The molecule has 0 amide bonds. The zero-order valence-corrected chi connectivity index (χ0v) is 11.1. The van der Waals surface area contributed by atoms with E-state index in [0.717, 1.165) is 12.1 Å². The molecule has 0 aromatic heterocycles. The van der Waals surface area contributed by atoms with Crippen molar-refractivity contribution in [3.05, 3.63) is 28.2 Å². The van der Waals surface area contributed by atoms with Gasteiger partial charge in [0.1, 0.15) is 5.69 Å². The molecule has 0 N–H and O–H groups in total. The second kappa shape index (κ2) is 5.53. The Morgan fingerprint density at radius 2 is 1.81 bits per heavy atom. The van der Waals surface area contributed by atoms with Gasteiger partial charge in [-0.1, -0.05) is 29.8 Å². The molecule has 0 saturated carbocycles. The summed E-state index contributed by atoms with van der Waals surface area (Å²) in [5, 5.41) is 0. The lowest BCUT2D eigenvalue weighted by atomic mass is 10.1. The first-order chi connectivity index (χ1) is 7.40. The minimum atomic E-state index is -0.644. The maximum Gasteiger partial charge on any atom is 0.152 e. The Kier molecular flexibility index (Phi) is 4.59. The smallest absolute Gasteiger partial charge is 0.152 e. The van der Waals surface area contributed by atoms with Crippen LogP contribution in [0.15, 0.2) is 21.6 Å². The van der Waals surface area contributed by atoms with Gasteiger partial charge in [0, 0.05) is 10.2 Å². The van der Waals surface area contributed by atoms with Crippen LogP contribution < -0.4 is 0 Å². The van der Waals surface area contributed by atoms with Crippen LogP contribution in [-0.2, 0) is 0 Å². The molecule has 0 radical (unpaired) electrons. The predicted molar refractivity (Wildman–Crippen MR) is 66.3 cm³/mol. The normalized spacial score (nSPS) is 12.3. The molecule has 0 heterocycles. The third-order valence-electron chi connectivity index (χ3n) is 1.99. The second-order valence-corrected chi connectivity index (χ2v) is 5.08. The number of rotatable bonds is 3. The highest BCUT2D eigenvalue weighted by atomic mass is 79.9. The van der Waals surface area contributed by atoms with Crippen LogP contribution in [0.4, 0.5) is 14.5 Å². The van der Waals surface area contributed by atoms with E-state index >= 15 is 0 Å².